The maximum atomic E-state index is 12.6. The molecule has 1 heterocycles. The molecule has 0 aliphatic carbocycles. The van der Waals surface area contributed by atoms with E-state index in [2.05, 4.69) is 4.98 Å². The van der Waals surface area contributed by atoms with Crippen molar-refractivity contribution < 1.29 is 13.2 Å². The molecule has 0 spiro atoms. The van der Waals surface area contributed by atoms with Crippen molar-refractivity contribution in [2.75, 3.05) is 0 Å². The van der Waals surface area contributed by atoms with E-state index in [1.165, 1.54) is 6.92 Å². The molecule has 0 aliphatic rings. The zero-order valence-electron chi connectivity index (χ0n) is 10.4. The SMILES string of the molecule is Cc1cc(=O)n(-c2c(Cl)cc(C(F)(F)F)cc2Cl)c(=O)[nH]1. The molecule has 0 fully saturated rings. The van der Waals surface area contributed by atoms with Gasteiger partial charge in [0.25, 0.3) is 5.56 Å². The van der Waals surface area contributed by atoms with Crippen molar-refractivity contribution in [1.29, 1.82) is 0 Å². The molecule has 112 valence electrons. The van der Waals surface area contributed by atoms with Crippen LogP contribution >= 0.6 is 23.2 Å². The molecule has 1 N–H and O–H groups in total. The molecule has 0 atom stereocenters. The Hall–Kier alpha value is -1.73. The lowest BCUT2D eigenvalue weighted by Crippen LogP contribution is -2.34. The number of hydrogen-bond acceptors (Lipinski definition) is 2. The van der Waals surface area contributed by atoms with E-state index in [0.717, 1.165) is 6.07 Å². The van der Waals surface area contributed by atoms with Gasteiger partial charge in [0.15, 0.2) is 0 Å². The first kappa shape index (κ1) is 15.7. The summed E-state index contributed by atoms with van der Waals surface area (Å²) in [5.74, 6) is 0. The maximum absolute atomic E-state index is 12.6. The number of hydrogen-bond donors (Lipinski definition) is 1. The van der Waals surface area contributed by atoms with Crippen LogP contribution in [0.4, 0.5) is 13.2 Å². The highest BCUT2D eigenvalue weighted by Crippen LogP contribution is 2.36. The fourth-order valence-corrected chi connectivity index (χ4v) is 2.42. The topological polar surface area (TPSA) is 54.9 Å². The van der Waals surface area contributed by atoms with Crippen LogP contribution in [0.25, 0.3) is 5.69 Å². The second-order valence-electron chi connectivity index (χ2n) is 4.22. The Kier molecular flexibility index (Phi) is 3.90. The Morgan fingerprint density at radius 3 is 2.05 bits per heavy atom. The summed E-state index contributed by atoms with van der Waals surface area (Å²) in [6.45, 7) is 1.49. The van der Waals surface area contributed by atoms with Crippen LogP contribution in [0.15, 0.2) is 27.8 Å². The molecular formula is C12H7Cl2F3N2O2. The van der Waals surface area contributed by atoms with Crippen LogP contribution in [0.1, 0.15) is 11.3 Å². The summed E-state index contributed by atoms with van der Waals surface area (Å²) in [5.41, 5.74) is -2.65. The lowest BCUT2D eigenvalue weighted by molar-refractivity contribution is -0.137. The number of aryl methyl sites for hydroxylation is 1. The van der Waals surface area contributed by atoms with Gasteiger partial charge >= 0.3 is 11.9 Å². The molecule has 0 aliphatic heterocycles. The Morgan fingerprint density at radius 1 is 1.10 bits per heavy atom. The van der Waals surface area contributed by atoms with E-state index in [0.29, 0.717) is 22.4 Å². The van der Waals surface area contributed by atoms with E-state index in [9.17, 15) is 22.8 Å². The summed E-state index contributed by atoms with van der Waals surface area (Å²) < 4.78 is 38.5. The van der Waals surface area contributed by atoms with E-state index in [4.69, 9.17) is 23.2 Å². The van der Waals surface area contributed by atoms with Crippen molar-refractivity contribution in [3.8, 4) is 5.69 Å². The molecule has 0 unspecified atom stereocenters. The maximum Gasteiger partial charge on any atom is 0.416 e. The molecule has 4 nitrogen and oxygen atoms in total. The average molecular weight is 339 g/mol. The third-order valence-electron chi connectivity index (χ3n) is 2.64. The van der Waals surface area contributed by atoms with Gasteiger partial charge in [0, 0.05) is 11.8 Å². The molecule has 0 amide bonds. The molecule has 2 rings (SSSR count). The quantitative estimate of drug-likeness (QED) is 0.868. The normalized spacial score (nSPS) is 11.7. The molecule has 0 bridgehead atoms. The molecule has 0 saturated carbocycles. The fraction of sp³-hybridized carbons (Fsp3) is 0.167. The minimum Gasteiger partial charge on any atom is -0.311 e. The van der Waals surface area contributed by atoms with Crippen LogP contribution in [0.3, 0.4) is 0 Å². The Labute approximate surface area is 125 Å². The van der Waals surface area contributed by atoms with Gasteiger partial charge < -0.3 is 4.98 Å². The number of nitrogens with zero attached hydrogens (tertiary/aromatic N) is 1. The van der Waals surface area contributed by atoms with E-state index < -0.39 is 33.0 Å². The third kappa shape index (κ3) is 2.98. The molecule has 1 aromatic heterocycles. The fourth-order valence-electron chi connectivity index (χ4n) is 1.77. The minimum absolute atomic E-state index is 0.294. The Morgan fingerprint density at radius 2 is 1.62 bits per heavy atom. The zero-order chi connectivity index (χ0) is 15.9. The van der Waals surface area contributed by atoms with Crippen LogP contribution in [0.2, 0.25) is 10.0 Å². The van der Waals surface area contributed by atoms with Gasteiger partial charge in [-0.2, -0.15) is 13.2 Å². The first-order chi connectivity index (χ1) is 9.61. The number of alkyl halides is 3. The third-order valence-corrected chi connectivity index (χ3v) is 3.21. The molecule has 0 radical (unpaired) electrons. The van der Waals surface area contributed by atoms with Crippen molar-refractivity contribution in [3.63, 3.8) is 0 Å². The number of aromatic amines is 1. The second kappa shape index (κ2) is 5.23. The second-order valence-corrected chi connectivity index (χ2v) is 5.03. The van der Waals surface area contributed by atoms with Gasteiger partial charge in [-0.05, 0) is 19.1 Å². The first-order valence-corrected chi connectivity index (χ1v) is 6.26. The van der Waals surface area contributed by atoms with Crippen LogP contribution in [-0.2, 0) is 6.18 Å². The molecule has 2 aromatic rings. The number of aromatic nitrogens is 2. The summed E-state index contributed by atoms with van der Waals surface area (Å²) >= 11 is 11.5. The van der Waals surface area contributed by atoms with Crippen molar-refractivity contribution in [2.45, 2.75) is 13.1 Å². The van der Waals surface area contributed by atoms with E-state index in [1.807, 2.05) is 0 Å². The first-order valence-electron chi connectivity index (χ1n) is 5.51. The van der Waals surface area contributed by atoms with Crippen molar-refractivity contribution >= 4 is 23.2 Å². The Bertz CT molecular complexity index is 770. The summed E-state index contributed by atoms with van der Waals surface area (Å²) in [7, 11) is 0. The minimum atomic E-state index is -4.64. The molecule has 9 heteroatoms. The van der Waals surface area contributed by atoms with E-state index >= 15 is 0 Å². The van der Waals surface area contributed by atoms with Crippen molar-refractivity contribution in [2.24, 2.45) is 0 Å². The lowest BCUT2D eigenvalue weighted by atomic mass is 10.2. The largest absolute Gasteiger partial charge is 0.416 e. The number of rotatable bonds is 1. The zero-order valence-corrected chi connectivity index (χ0v) is 11.9. The van der Waals surface area contributed by atoms with Gasteiger partial charge in [0.1, 0.15) is 0 Å². The van der Waals surface area contributed by atoms with Gasteiger partial charge in [-0.1, -0.05) is 23.2 Å². The van der Waals surface area contributed by atoms with E-state index in [1.54, 1.807) is 0 Å². The summed E-state index contributed by atoms with van der Waals surface area (Å²) in [5, 5.41) is -0.905. The smallest absolute Gasteiger partial charge is 0.311 e. The van der Waals surface area contributed by atoms with Crippen molar-refractivity contribution in [1.82, 2.24) is 9.55 Å². The monoisotopic (exact) mass is 338 g/mol. The molecule has 0 saturated heterocycles. The number of nitrogens with one attached hydrogen (secondary N) is 1. The van der Waals surface area contributed by atoms with Gasteiger partial charge in [0.05, 0.1) is 21.3 Å². The van der Waals surface area contributed by atoms with Crippen LogP contribution in [0, 0.1) is 6.92 Å². The van der Waals surface area contributed by atoms with Crippen molar-refractivity contribution in [3.05, 3.63) is 60.3 Å². The van der Waals surface area contributed by atoms with Crippen LogP contribution in [-0.4, -0.2) is 9.55 Å². The van der Waals surface area contributed by atoms with Gasteiger partial charge in [-0.25, -0.2) is 9.36 Å². The summed E-state index contributed by atoms with van der Waals surface area (Å²) in [6.07, 6.45) is -4.64. The Balaban J connectivity index is 2.79. The van der Waals surface area contributed by atoms with Gasteiger partial charge in [-0.3, -0.25) is 4.79 Å². The van der Waals surface area contributed by atoms with Crippen LogP contribution < -0.4 is 11.2 Å². The van der Waals surface area contributed by atoms with Gasteiger partial charge in [-0.15, -0.1) is 0 Å². The highest BCUT2D eigenvalue weighted by atomic mass is 35.5. The molecule has 21 heavy (non-hydrogen) atoms. The van der Waals surface area contributed by atoms with Gasteiger partial charge in [0.2, 0.25) is 0 Å². The number of halogens is 5. The van der Waals surface area contributed by atoms with Crippen LogP contribution in [0.5, 0.6) is 0 Å². The highest BCUT2D eigenvalue weighted by Gasteiger charge is 2.32. The predicted octanol–water partition coefficient (Wildman–Crippen LogP) is 3.16. The lowest BCUT2D eigenvalue weighted by Gasteiger charge is -2.13. The standard InChI is InChI=1S/C12H7Cl2F3N2O2/c1-5-2-9(20)19(11(21)18-5)10-7(13)3-6(4-8(10)14)12(15,16)17/h2-4H,1H3,(H,18,21). The highest BCUT2D eigenvalue weighted by molar-refractivity contribution is 6.37. The van der Waals surface area contributed by atoms with E-state index in [-0.39, 0.29) is 5.69 Å². The molecular weight excluding hydrogens is 332 g/mol. The number of benzene rings is 1. The predicted molar refractivity (Wildman–Crippen MR) is 72.4 cm³/mol. The summed E-state index contributed by atoms with van der Waals surface area (Å²) in [4.78, 5) is 26.0. The summed E-state index contributed by atoms with van der Waals surface area (Å²) in [6, 6.07) is 2.31. The molecule has 1 aromatic carbocycles. The number of H-pyrrole nitrogens is 1. The average Bonchev–Trinajstić information content (AvgIpc) is 2.29.